The Labute approximate surface area is 140 Å². The van der Waals surface area contributed by atoms with Gasteiger partial charge >= 0.3 is 5.97 Å². The molecule has 23 heavy (non-hydrogen) atoms. The van der Waals surface area contributed by atoms with Crippen LogP contribution in [0.5, 0.6) is 0 Å². The molecular weight excluding hydrogens is 338 g/mol. The number of methoxy groups -OCH3 is 1. The van der Waals surface area contributed by atoms with Crippen LogP contribution in [-0.4, -0.2) is 21.5 Å². The molecule has 2 rings (SSSR count). The second kappa shape index (κ2) is 7.12. The molecule has 1 N–H and O–H groups in total. The highest BCUT2D eigenvalue weighted by Gasteiger charge is 2.17. The molecule has 0 aliphatic heterocycles. The zero-order chi connectivity index (χ0) is 17.0. The Morgan fingerprint density at radius 2 is 1.83 bits per heavy atom. The van der Waals surface area contributed by atoms with Crippen molar-refractivity contribution in [3.8, 4) is 0 Å². The van der Waals surface area contributed by atoms with E-state index in [1.54, 1.807) is 36.4 Å². The molecule has 0 radical (unpaired) electrons. The highest BCUT2D eigenvalue weighted by Crippen LogP contribution is 2.22. The standard InChI is InChI=1S/C16H16ClNO4S/c1-11-3-8-15(14(17)9-11)23(20,21)18-10-12-4-6-13(7-5-12)16(19)22-2/h3-9,18H,10H2,1-2H3. The van der Waals surface area contributed by atoms with Crippen molar-refractivity contribution in [1.82, 2.24) is 4.72 Å². The lowest BCUT2D eigenvalue weighted by atomic mass is 10.1. The minimum absolute atomic E-state index is 0.0379. The fourth-order valence-electron chi connectivity index (χ4n) is 1.96. The van der Waals surface area contributed by atoms with Crippen LogP contribution in [0, 0.1) is 6.92 Å². The molecule has 5 nitrogen and oxygen atoms in total. The Bertz CT molecular complexity index is 816. The van der Waals surface area contributed by atoms with Crippen molar-refractivity contribution >= 4 is 27.6 Å². The van der Waals surface area contributed by atoms with Gasteiger partial charge in [-0.25, -0.2) is 17.9 Å². The highest BCUT2D eigenvalue weighted by molar-refractivity contribution is 7.89. The van der Waals surface area contributed by atoms with Crippen LogP contribution in [0.15, 0.2) is 47.4 Å². The predicted octanol–water partition coefficient (Wildman–Crippen LogP) is 2.91. The summed E-state index contributed by atoms with van der Waals surface area (Å²) in [6, 6.07) is 11.2. The van der Waals surface area contributed by atoms with Gasteiger partial charge in [0.25, 0.3) is 0 Å². The lowest BCUT2D eigenvalue weighted by molar-refractivity contribution is 0.0600. The summed E-state index contributed by atoms with van der Waals surface area (Å²) in [5, 5.41) is 0.179. The number of benzene rings is 2. The molecule has 0 aromatic heterocycles. The van der Waals surface area contributed by atoms with Gasteiger partial charge in [-0.2, -0.15) is 0 Å². The minimum Gasteiger partial charge on any atom is -0.465 e. The van der Waals surface area contributed by atoms with Gasteiger partial charge < -0.3 is 4.74 Å². The summed E-state index contributed by atoms with van der Waals surface area (Å²) in [6.45, 7) is 1.92. The smallest absolute Gasteiger partial charge is 0.337 e. The van der Waals surface area contributed by atoms with E-state index in [4.69, 9.17) is 11.6 Å². The van der Waals surface area contributed by atoms with Gasteiger partial charge in [0.1, 0.15) is 4.90 Å². The van der Waals surface area contributed by atoms with Crippen molar-refractivity contribution in [3.05, 3.63) is 64.2 Å². The van der Waals surface area contributed by atoms with Crippen LogP contribution < -0.4 is 4.72 Å². The number of sulfonamides is 1. The monoisotopic (exact) mass is 353 g/mol. The zero-order valence-corrected chi connectivity index (χ0v) is 14.2. The summed E-state index contributed by atoms with van der Waals surface area (Å²) < 4.78 is 31.7. The molecule has 0 atom stereocenters. The predicted molar refractivity (Wildman–Crippen MR) is 88.0 cm³/mol. The fourth-order valence-corrected chi connectivity index (χ4v) is 3.57. The summed E-state index contributed by atoms with van der Waals surface area (Å²) in [5.74, 6) is -0.441. The SMILES string of the molecule is COC(=O)c1ccc(CNS(=O)(=O)c2ccc(C)cc2Cl)cc1. The van der Waals surface area contributed by atoms with Gasteiger partial charge in [-0.15, -0.1) is 0 Å². The van der Waals surface area contributed by atoms with E-state index in [0.29, 0.717) is 11.1 Å². The molecule has 2 aromatic carbocycles. The average Bonchev–Trinajstić information content (AvgIpc) is 2.52. The highest BCUT2D eigenvalue weighted by atomic mass is 35.5. The molecule has 2 aromatic rings. The molecule has 0 amide bonds. The van der Waals surface area contributed by atoms with Crippen LogP contribution in [0.2, 0.25) is 5.02 Å². The number of carbonyl (C=O) groups is 1. The third kappa shape index (κ3) is 4.31. The van der Waals surface area contributed by atoms with Crippen molar-refractivity contribution in [2.75, 3.05) is 7.11 Å². The van der Waals surface area contributed by atoms with Crippen molar-refractivity contribution < 1.29 is 17.9 Å². The van der Waals surface area contributed by atoms with Gasteiger partial charge in [0.15, 0.2) is 0 Å². The van der Waals surface area contributed by atoms with Crippen LogP contribution in [0.4, 0.5) is 0 Å². The minimum atomic E-state index is -3.71. The van der Waals surface area contributed by atoms with Gasteiger partial charge in [0, 0.05) is 6.54 Å². The first-order chi connectivity index (χ1) is 10.8. The number of carbonyl (C=O) groups excluding carboxylic acids is 1. The number of rotatable bonds is 5. The van der Waals surface area contributed by atoms with E-state index in [0.717, 1.165) is 5.56 Å². The van der Waals surface area contributed by atoms with Crippen molar-refractivity contribution in [2.24, 2.45) is 0 Å². The summed E-state index contributed by atoms with van der Waals surface area (Å²) in [7, 11) is -2.41. The van der Waals surface area contributed by atoms with E-state index >= 15 is 0 Å². The largest absolute Gasteiger partial charge is 0.465 e. The van der Waals surface area contributed by atoms with E-state index in [2.05, 4.69) is 9.46 Å². The van der Waals surface area contributed by atoms with Gasteiger partial charge in [-0.1, -0.05) is 29.8 Å². The molecule has 0 aliphatic carbocycles. The molecular formula is C16H16ClNO4S. The molecule has 0 saturated heterocycles. The first kappa shape index (κ1) is 17.5. The third-order valence-electron chi connectivity index (χ3n) is 3.22. The maximum atomic E-state index is 12.3. The first-order valence-corrected chi connectivity index (χ1v) is 8.62. The van der Waals surface area contributed by atoms with Gasteiger partial charge in [0.05, 0.1) is 17.7 Å². The number of hydrogen-bond donors (Lipinski definition) is 1. The van der Waals surface area contributed by atoms with Crippen LogP contribution in [0.25, 0.3) is 0 Å². The summed E-state index contributed by atoms with van der Waals surface area (Å²) in [4.78, 5) is 11.4. The molecule has 0 bridgehead atoms. The summed E-state index contributed by atoms with van der Waals surface area (Å²) in [6.07, 6.45) is 0. The average molecular weight is 354 g/mol. The number of esters is 1. The number of aryl methyl sites for hydroxylation is 1. The van der Waals surface area contributed by atoms with E-state index in [1.807, 2.05) is 6.92 Å². The van der Waals surface area contributed by atoms with Crippen LogP contribution in [0.1, 0.15) is 21.5 Å². The van der Waals surface area contributed by atoms with Gasteiger partial charge in [-0.05, 0) is 42.3 Å². The maximum Gasteiger partial charge on any atom is 0.337 e. The Kier molecular flexibility index (Phi) is 5.41. The first-order valence-electron chi connectivity index (χ1n) is 6.76. The Morgan fingerprint density at radius 1 is 1.17 bits per heavy atom. The van der Waals surface area contributed by atoms with Crippen LogP contribution in [-0.2, 0) is 21.3 Å². The zero-order valence-electron chi connectivity index (χ0n) is 12.7. The van der Waals surface area contributed by atoms with E-state index in [1.165, 1.54) is 13.2 Å². The Hall–Kier alpha value is -1.89. The number of nitrogens with one attached hydrogen (secondary N) is 1. The molecule has 0 unspecified atom stereocenters. The molecule has 0 fully saturated rings. The Balaban J connectivity index is 2.11. The molecule has 0 saturated carbocycles. The normalized spacial score (nSPS) is 11.3. The Morgan fingerprint density at radius 3 is 2.39 bits per heavy atom. The number of ether oxygens (including phenoxy) is 1. The molecule has 0 aliphatic rings. The maximum absolute atomic E-state index is 12.3. The second-order valence-electron chi connectivity index (χ2n) is 4.95. The van der Waals surface area contributed by atoms with Crippen LogP contribution >= 0.6 is 11.6 Å². The number of hydrogen-bond acceptors (Lipinski definition) is 4. The van der Waals surface area contributed by atoms with Crippen molar-refractivity contribution in [3.63, 3.8) is 0 Å². The van der Waals surface area contributed by atoms with Crippen LogP contribution in [0.3, 0.4) is 0 Å². The van der Waals surface area contributed by atoms with E-state index in [9.17, 15) is 13.2 Å². The van der Waals surface area contributed by atoms with Crippen molar-refractivity contribution in [1.29, 1.82) is 0 Å². The quantitative estimate of drug-likeness (QED) is 0.839. The van der Waals surface area contributed by atoms with E-state index < -0.39 is 16.0 Å². The van der Waals surface area contributed by atoms with Crippen molar-refractivity contribution in [2.45, 2.75) is 18.4 Å². The molecule has 7 heteroatoms. The number of halogens is 1. The third-order valence-corrected chi connectivity index (χ3v) is 5.10. The lowest BCUT2D eigenvalue weighted by Gasteiger charge is -2.09. The second-order valence-corrected chi connectivity index (χ2v) is 7.09. The van der Waals surface area contributed by atoms with Gasteiger partial charge in [0.2, 0.25) is 10.0 Å². The molecule has 0 heterocycles. The van der Waals surface area contributed by atoms with E-state index in [-0.39, 0.29) is 16.5 Å². The summed E-state index contributed by atoms with van der Waals surface area (Å²) >= 11 is 6.00. The van der Waals surface area contributed by atoms with Gasteiger partial charge in [-0.3, -0.25) is 0 Å². The molecule has 0 spiro atoms. The fraction of sp³-hybridized carbons (Fsp3) is 0.188. The topological polar surface area (TPSA) is 72.5 Å². The summed E-state index contributed by atoms with van der Waals surface area (Å²) in [5.41, 5.74) is 2.00. The lowest BCUT2D eigenvalue weighted by Crippen LogP contribution is -2.23. The molecule has 122 valence electrons.